The van der Waals surface area contributed by atoms with Gasteiger partial charge in [-0.2, -0.15) is 0 Å². The summed E-state index contributed by atoms with van der Waals surface area (Å²) in [6, 6.07) is 3.92. The summed E-state index contributed by atoms with van der Waals surface area (Å²) in [6.07, 6.45) is 2.78. The molecule has 22 heavy (non-hydrogen) atoms. The molecule has 8 heteroatoms. The Kier molecular flexibility index (Phi) is 5.62. The van der Waals surface area contributed by atoms with Crippen molar-refractivity contribution in [3.63, 3.8) is 0 Å². The van der Waals surface area contributed by atoms with Crippen LogP contribution in [0.5, 0.6) is 0 Å². The molecule has 2 N–H and O–H groups in total. The molecule has 0 radical (unpaired) electrons. The smallest absolute Gasteiger partial charge is 0.258 e. The Morgan fingerprint density at radius 3 is 2.73 bits per heavy atom. The van der Waals surface area contributed by atoms with Crippen LogP contribution >= 0.6 is 11.6 Å². The van der Waals surface area contributed by atoms with Crippen LogP contribution in [-0.2, 0) is 4.74 Å². The first-order valence-electron chi connectivity index (χ1n) is 6.41. The normalized spacial score (nSPS) is 10.3. The van der Waals surface area contributed by atoms with Gasteiger partial charge in [-0.15, -0.1) is 0 Å². The first kappa shape index (κ1) is 16.1. The average Bonchev–Trinajstić information content (AvgIpc) is 2.52. The lowest BCUT2D eigenvalue weighted by Crippen LogP contribution is -2.14. The van der Waals surface area contributed by atoms with Gasteiger partial charge in [0.25, 0.3) is 5.91 Å². The van der Waals surface area contributed by atoms with Crippen LogP contribution in [0.1, 0.15) is 10.4 Å². The number of carbonyl (C=O) groups excluding carboxylic acids is 1. The van der Waals surface area contributed by atoms with E-state index in [0.717, 1.165) is 0 Å². The van der Waals surface area contributed by atoms with Gasteiger partial charge in [0.15, 0.2) is 0 Å². The highest BCUT2D eigenvalue weighted by atomic mass is 35.5. The minimum absolute atomic E-state index is 0.0632. The number of benzene rings is 1. The number of anilines is 2. The molecule has 0 saturated carbocycles. The van der Waals surface area contributed by atoms with Gasteiger partial charge in [-0.25, -0.2) is 14.4 Å². The fourth-order valence-corrected chi connectivity index (χ4v) is 1.76. The molecule has 0 aliphatic rings. The van der Waals surface area contributed by atoms with Gasteiger partial charge in [0, 0.05) is 31.7 Å². The molecule has 0 unspecified atom stereocenters. The van der Waals surface area contributed by atoms with Gasteiger partial charge < -0.3 is 15.4 Å². The van der Waals surface area contributed by atoms with E-state index in [-0.39, 0.29) is 10.6 Å². The largest absolute Gasteiger partial charge is 0.383 e. The van der Waals surface area contributed by atoms with Crippen molar-refractivity contribution in [2.45, 2.75) is 0 Å². The predicted molar refractivity (Wildman–Crippen MR) is 81.8 cm³/mol. The number of carbonyl (C=O) groups is 1. The zero-order valence-corrected chi connectivity index (χ0v) is 12.5. The molecular formula is C14H14ClFN4O2. The SMILES string of the molecule is COCCNc1ncc(C(=O)Nc2ccc(F)c(Cl)c2)cn1. The Bertz CT molecular complexity index is 652. The van der Waals surface area contributed by atoms with Crippen molar-refractivity contribution in [1.29, 1.82) is 0 Å². The van der Waals surface area contributed by atoms with E-state index in [1.807, 2.05) is 0 Å². The van der Waals surface area contributed by atoms with Gasteiger partial charge >= 0.3 is 0 Å². The lowest BCUT2D eigenvalue weighted by atomic mass is 10.2. The fourth-order valence-electron chi connectivity index (χ4n) is 1.58. The van der Waals surface area contributed by atoms with Gasteiger partial charge in [0.05, 0.1) is 17.2 Å². The lowest BCUT2D eigenvalue weighted by molar-refractivity contribution is 0.102. The van der Waals surface area contributed by atoms with Crippen molar-refractivity contribution in [1.82, 2.24) is 9.97 Å². The Labute approximate surface area is 131 Å². The maximum Gasteiger partial charge on any atom is 0.258 e. The number of rotatable bonds is 6. The maximum absolute atomic E-state index is 13.1. The third-order valence-corrected chi connectivity index (χ3v) is 2.97. The molecule has 0 atom stereocenters. The van der Waals surface area contributed by atoms with Crippen LogP contribution in [0.4, 0.5) is 16.0 Å². The van der Waals surface area contributed by atoms with Crippen LogP contribution in [0.25, 0.3) is 0 Å². The van der Waals surface area contributed by atoms with Crippen LogP contribution in [0.2, 0.25) is 5.02 Å². The zero-order valence-electron chi connectivity index (χ0n) is 11.8. The quantitative estimate of drug-likeness (QED) is 0.799. The first-order chi connectivity index (χ1) is 10.6. The summed E-state index contributed by atoms with van der Waals surface area (Å²) in [5, 5.41) is 5.46. The molecule has 2 rings (SSSR count). The molecule has 0 aliphatic carbocycles. The van der Waals surface area contributed by atoms with Crippen LogP contribution < -0.4 is 10.6 Å². The van der Waals surface area contributed by atoms with Crippen molar-refractivity contribution >= 4 is 29.1 Å². The highest BCUT2D eigenvalue weighted by Crippen LogP contribution is 2.19. The number of amides is 1. The van der Waals surface area contributed by atoms with E-state index in [0.29, 0.717) is 24.8 Å². The number of hydrogen-bond donors (Lipinski definition) is 2. The Balaban J connectivity index is 1.98. The second kappa shape index (κ2) is 7.67. The number of nitrogens with one attached hydrogen (secondary N) is 2. The van der Waals surface area contributed by atoms with Gasteiger partial charge in [-0.1, -0.05) is 11.6 Å². The molecule has 1 aromatic carbocycles. The molecule has 1 heterocycles. The average molecular weight is 325 g/mol. The van der Waals surface area contributed by atoms with E-state index >= 15 is 0 Å². The molecule has 0 fully saturated rings. The third kappa shape index (κ3) is 4.37. The van der Waals surface area contributed by atoms with E-state index in [4.69, 9.17) is 16.3 Å². The zero-order chi connectivity index (χ0) is 15.9. The molecule has 116 valence electrons. The van der Waals surface area contributed by atoms with Gasteiger partial charge in [-0.3, -0.25) is 4.79 Å². The van der Waals surface area contributed by atoms with Crippen molar-refractivity contribution in [3.05, 3.63) is 47.0 Å². The van der Waals surface area contributed by atoms with E-state index in [1.165, 1.54) is 30.6 Å². The van der Waals surface area contributed by atoms with Crippen molar-refractivity contribution in [3.8, 4) is 0 Å². The number of aromatic nitrogens is 2. The van der Waals surface area contributed by atoms with Gasteiger partial charge in [0.1, 0.15) is 5.82 Å². The molecule has 0 spiro atoms. The number of hydrogen-bond acceptors (Lipinski definition) is 5. The summed E-state index contributed by atoms with van der Waals surface area (Å²) in [5.41, 5.74) is 0.663. The summed E-state index contributed by atoms with van der Waals surface area (Å²) in [5.74, 6) is -0.556. The van der Waals surface area contributed by atoms with Crippen molar-refractivity contribution in [2.75, 3.05) is 30.9 Å². The molecule has 0 saturated heterocycles. The van der Waals surface area contributed by atoms with Crippen molar-refractivity contribution in [2.24, 2.45) is 0 Å². The fraction of sp³-hybridized carbons (Fsp3) is 0.214. The van der Waals surface area contributed by atoms with E-state index < -0.39 is 11.7 Å². The van der Waals surface area contributed by atoms with E-state index in [2.05, 4.69) is 20.6 Å². The Hall–Kier alpha value is -2.25. The summed E-state index contributed by atoms with van der Waals surface area (Å²) in [7, 11) is 1.59. The second-order valence-corrected chi connectivity index (χ2v) is 4.71. The molecule has 2 aromatic rings. The summed E-state index contributed by atoms with van der Waals surface area (Å²) in [6.45, 7) is 1.09. The molecule has 6 nitrogen and oxygen atoms in total. The van der Waals surface area contributed by atoms with E-state index in [9.17, 15) is 9.18 Å². The summed E-state index contributed by atoms with van der Waals surface area (Å²) in [4.78, 5) is 20.1. The van der Waals surface area contributed by atoms with Gasteiger partial charge in [-0.05, 0) is 18.2 Å². The Morgan fingerprint density at radius 1 is 1.36 bits per heavy atom. The minimum atomic E-state index is -0.547. The number of nitrogens with zero attached hydrogens (tertiary/aromatic N) is 2. The molecule has 1 aromatic heterocycles. The summed E-state index contributed by atoms with van der Waals surface area (Å²) < 4.78 is 17.9. The predicted octanol–water partition coefficient (Wildman–Crippen LogP) is 2.58. The van der Waals surface area contributed by atoms with E-state index in [1.54, 1.807) is 7.11 Å². The van der Waals surface area contributed by atoms with Crippen LogP contribution in [-0.4, -0.2) is 36.1 Å². The highest BCUT2D eigenvalue weighted by molar-refractivity contribution is 6.31. The lowest BCUT2D eigenvalue weighted by Gasteiger charge is -2.07. The summed E-state index contributed by atoms with van der Waals surface area (Å²) >= 11 is 5.66. The number of methoxy groups -OCH3 is 1. The minimum Gasteiger partial charge on any atom is -0.383 e. The molecule has 0 aliphatic heterocycles. The Morgan fingerprint density at radius 2 is 2.09 bits per heavy atom. The monoisotopic (exact) mass is 324 g/mol. The van der Waals surface area contributed by atoms with Crippen molar-refractivity contribution < 1.29 is 13.9 Å². The van der Waals surface area contributed by atoms with Crippen LogP contribution in [0, 0.1) is 5.82 Å². The highest BCUT2D eigenvalue weighted by Gasteiger charge is 2.09. The van der Waals surface area contributed by atoms with Crippen LogP contribution in [0.3, 0.4) is 0 Å². The third-order valence-electron chi connectivity index (χ3n) is 2.68. The molecule has 0 bridgehead atoms. The number of ether oxygens (including phenoxy) is 1. The van der Waals surface area contributed by atoms with Crippen LogP contribution in [0.15, 0.2) is 30.6 Å². The maximum atomic E-state index is 13.1. The molecular weight excluding hydrogens is 311 g/mol. The van der Waals surface area contributed by atoms with Gasteiger partial charge in [0.2, 0.25) is 5.95 Å². The first-order valence-corrected chi connectivity index (χ1v) is 6.79. The standard InChI is InChI=1S/C14H14ClFN4O2/c1-22-5-4-17-14-18-7-9(8-19-14)13(21)20-10-2-3-12(16)11(15)6-10/h2-3,6-8H,4-5H2,1H3,(H,20,21)(H,17,18,19). The second-order valence-electron chi connectivity index (χ2n) is 4.30. The topological polar surface area (TPSA) is 76.1 Å². The number of halogens is 2. The molecule has 1 amide bonds.